The first-order chi connectivity index (χ1) is 29.4. The summed E-state index contributed by atoms with van der Waals surface area (Å²) in [5.74, 6) is -1.27. The molecule has 3 aliphatic rings. The van der Waals surface area contributed by atoms with Gasteiger partial charge in [-0.3, -0.25) is 28.8 Å². The highest BCUT2D eigenvalue weighted by Crippen LogP contribution is 2.35. The van der Waals surface area contributed by atoms with Crippen LogP contribution in [-0.2, 0) is 38.2 Å². The fraction of sp³-hybridized carbons (Fsp3) is 0.723. The number of nitrogens with one attached hydrogen (secondary N) is 4. The molecule has 3 fully saturated rings. The number of ketones is 1. The Morgan fingerprint density at radius 1 is 0.919 bits per heavy atom. The maximum Gasteiger partial charge on any atom is 0.408 e. The molecule has 0 radical (unpaired) electrons. The minimum atomic E-state index is -0.844. The summed E-state index contributed by atoms with van der Waals surface area (Å²) in [4.78, 5) is 89.1. The van der Waals surface area contributed by atoms with E-state index < -0.39 is 41.8 Å². The lowest BCUT2D eigenvalue weighted by Gasteiger charge is -2.34. The zero-order valence-corrected chi connectivity index (χ0v) is 39.3. The second kappa shape index (κ2) is 27.5. The van der Waals surface area contributed by atoms with Gasteiger partial charge in [0.15, 0.2) is 0 Å². The maximum atomic E-state index is 13.6. The standard InChI is InChI=1S/C23H42N2O4.C21H28N4O5.C3H8/c1-16(2)29-22(27)24-20(18-11-9-7-8-10-12-18)21(26)25-14-13-19(17(25)3)15-23(4,5)28-6;1-25(2)21(30)18(15-6-4-3-5-7-15)24-17(27)10-11-22-20(29)19(28)16(23-13-26)12-14-8-9-14;1-3-2/h16-20H,7-15H2,1-6H3,(H,24,27);3-7,13-14,16,18H,8-12H2,1-2H3,(H,22,29)(H,23,26)(H,24,27);3H2,1-2H3/t17?,19-,20?;;/m1../s1. The SMILES string of the molecule is CCC.CN(C)C(=O)C(NC(=O)CCNC(=O)C(=O)C(CC1CC1)NC=O)c1ccccc1.COC(C)(C)C[C@H]1CCN(C(=O)C(NC(=O)OC(C)C)C2CCCCCC2)C1C. The Labute approximate surface area is 370 Å². The molecule has 4 rings (SSSR count). The normalized spacial score (nSPS) is 19.1. The highest BCUT2D eigenvalue weighted by atomic mass is 16.6. The van der Waals surface area contributed by atoms with E-state index in [4.69, 9.17) is 9.47 Å². The molecule has 1 aliphatic heterocycles. The molecule has 0 spiro atoms. The number of alkyl carbamates (subject to hydrolysis) is 1. The van der Waals surface area contributed by atoms with Crippen molar-refractivity contribution in [3.05, 3.63) is 35.9 Å². The molecule has 0 aromatic heterocycles. The fourth-order valence-electron chi connectivity index (χ4n) is 7.86. The van der Waals surface area contributed by atoms with Gasteiger partial charge < -0.3 is 40.5 Å². The topological polar surface area (TPSA) is 193 Å². The third-order valence-corrected chi connectivity index (χ3v) is 11.6. The molecule has 4 unspecified atom stereocenters. The lowest BCUT2D eigenvalue weighted by molar-refractivity contribution is -0.139. The van der Waals surface area contributed by atoms with Crippen LogP contribution in [0.5, 0.6) is 0 Å². The summed E-state index contributed by atoms with van der Waals surface area (Å²) in [5, 5.41) is 10.4. The molecule has 6 amide bonds. The van der Waals surface area contributed by atoms with Crippen LogP contribution in [0.3, 0.4) is 0 Å². The fourth-order valence-corrected chi connectivity index (χ4v) is 7.86. The van der Waals surface area contributed by atoms with E-state index in [-0.39, 0.29) is 48.4 Å². The monoisotopic (exact) mass is 871 g/mol. The largest absolute Gasteiger partial charge is 0.447 e. The molecular formula is C47H78N6O9. The lowest BCUT2D eigenvalue weighted by atomic mass is 9.88. The van der Waals surface area contributed by atoms with Crippen molar-refractivity contribution in [3.63, 3.8) is 0 Å². The van der Waals surface area contributed by atoms with Crippen molar-refractivity contribution in [3.8, 4) is 0 Å². The molecule has 15 heteroatoms. The zero-order chi connectivity index (χ0) is 46.4. The van der Waals surface area contributed by atoms with Crippen molar-refractivity contribution in [1.29, 1.82) is 0 Å². The molecule has 15 nitrogen and oxygen atoms in total. The zero-order valence-electron chi connectivity index (χ0n) is 39.3. The predicted octanol–water partition coefficient (Wildman–Crippen LogP) is 5.85. The number of methoxy groups -OCH3 is 1. The van der Waals surface area contributed by atoms with E-state index in [1.54, 1.807) is 45.5 Å². The highest BCUT2D eigenvalue weighted by molar-refractivity contribution is 6.38. The summed E-state index contributed by atoms with van der Waals surface area (Å²) >= 11 is 0. The van der Waals surface area contributed by atoms with E-state index in [2.05, 4.69) is 55.9 Å². The Bertz CT molecular complexity index is 1560. The number of nitrogens with zero attached hydrogens (tertiary/aromatic N) is 2. The van der Waals surface area contributed by atoms with Gasteiger partial charge in [-0.1, -0.05) is 89.1 Å². The maximum absolute atomic E-state index is 13.6. The number of likely N-dealkylation sites (N-methyl/N-ethyl adjacent to an activating group) is 1. The number of Topliss-reactive ketones (excluding diaryl/α,β-unsaturated/α-hetero) is 1. The summed E-state index contributed by atoms with van der Waals surface area (Å²) in [6.45, 7) is 14.9. The minimum absolute atomic E-state index is 0.0582. The number of carbonyl (C=O) groups excluding carboxylic acids is 7. The van der Waals surface area contributed by atoms with Crippen LogP contribution in [0.2, 0.25) is 0 Å². The third kappa shape index (κ3) is 18.8. The summed E-state index contributed by atoms with van der Waals surface area (Å²) < 4.78 is 10.9. The summed E-state index contributed by atoms with van der Waals surface area (Å²) in [6.07, 6.45) is 11.8. The number of ether oxygens (including phenoxy) is 2. The minimum Gasteiger partial charge on any atom is -0.447 e. The van der Waals surface area contributed by atoms with E-state index in [1.165, 1.54) is 24.2 Å². The third-order valence-electron chi connectivity index (χ3n) is 11.6. The summed E-state index contributed by atoms with van der Waals surface area (Å²) in [7, 11) is 4.94. The van der Waals surface area contributed by atoms with Crippen molar-refractivity contribution >= 4 is 41.9 Å². The van der Waals surface area contributed by atoms with Gasteiger partial charge in [0, 0.05) is 46.8 Å². The van der Waals surface area contributed by atoms with Gasteiger partial charge in [-0.2, -0.15) is 0 Å². The van der Waals surface area contributed by atoms with Gasteiger partial charge in [0.25, 0.3) is 5.91 Å². The van der Waals surface area contributed by atoms with Crippen molar-refractivity contribution in [2.45, 2.75) is 168 Å². The molecule has 2 aliphatic carbocycles. The van der Waals surface area contributed by atoms with Crippen LogP contribution in [0.1, 0.15) is 144 Å². The van der Waals surface area contributed by atoms with Crippen LogP contribution in [0, 0.1) is 17.8 Å². The Kier molecular flexibility index (Phi) is 23.8. The van der Waals surface area contributed by atoms with Crippen molar-refractivity contribution < 1.29 is 43.0 Å². The number of likely N-dealkylation sites (tertiary alicyclic amines) is 1. The summed E-state index contributed by atoms with van der Waals surface area (Å²) in [6, 6.07) is 6.81. The first kappa shape index (κ1) is 53.6. The van der Waals surface area contributed by atoms with Gasteiger partial charge >= 0.3 is 6.09 Å². The van der Waals surface area contributed by atoms with Crippen LogP contribution in [0.15, 0.2) is 30.3 Å². The molecule has 62 heavy (non-hydrogen) atoms. The first-order valence-electron chi connectivity index (χ1n) is 22.8. The van der Waals surface area contributed by atoms with Crippen molar-refractivity contribution in [2.75, 3.05) is 34.3 Å². The van der Waals surface area contributed by atoms with Crippen LogP contribution >= 0.6 is 0 Å². The molecule has 1 aromatic rings. The van der Waals surface area contributed by atoms with Gasteiger partial charge in [0.1, 0.15) is 12.1 Å². The molecule has 2 saturated carbocycles. The Morgan fingerprint density at radius 2 is 1.53 bits per heavy atom. The van der Waals surface area contributed by atoms with Crippen molar-refractivity contribution in [1.82, 2.24) is 31.1 Å². The van der Waals surface area contributed by atoms with E-state index >= 15 is 0 Å². The van der Waals surface area contributed by atoms with E-state index in [9.17, 15) is 33.6 Å². The number of hydrogen-bond donors (Lipinski definition) is 4. The smallest absolute Gasteiger partial charge is 0.408 e. The highest BCUT2D eigenvalue weighted by Gasteiger charge is 2.42. The lowest BCUT2D eigenvalue weighted by Crippen LogP contribution is -2.54. The van der Waals surface area contributed by atoms with Gasteiger partial charge in [0.2, 0.25) is 29.9 Å². The quantitative estimate of drug-likeness (QED) is 0.0750. The molecule has 4 N–H and O–H groups in total. The Hall–Kier alpha value is -4.53. The number of carbonyl (C=O) groups is 7. The second-order valence-corrected chi connectivity index (χ2v) is 18.1. The van der Waals surface area contributed by atoms with Gasteiger partial charge in [0.05, 0.1) is 17.7 Å². The number of hydrogen-bond acceptors (Lipinski definition) is 9. The Morgan fingerprint density at radius 3 is 2.06 bits per heavy atom. The van der Waals surface area contributed by atoms with Crippen molar-refractivity contribution in [2.24, 2.45) is 17.8 Å². The van der Waals surface area contributed by atoms with Crippen LogP contribution in [-0.4, -0.2) is 116 Å². The van der Waals surface area contributed by atoms with Gasteiger partial charge in [-0.15, -0.1) is 0 Å². The number of benzene rings is 1. The second-order valence-electron chi connectivity index (χ2n) is 18.1. The average Bonchev–Trinajstić information content (AvgIpc) is 4.03. The van der Waals surface area contributed by atoms with Crippen LogP contribution in [0.25, 0.3) is 0 Å². The first-order valence-corrected chi connectivity index (χ1v) is 22.8. The number of rotatable bonds is 19. The van der Waals surface area contributed by atoms with Crippen LogP contribution in [0.4, 0.5) is 4.79 Å². The van der Waals surface area contributed by atoms with Crippen LogP contribution < -0.4 is 21.3 Å². The molecule has 1 aromatic carbocycles. The molecule has 350 valence electrons. The predicted molar refractivity (Wildman–Crippen MR) is 240 cm³/mol. The van der Waals surface area contributed by atoms with Gasteiger partial charge in [-0.25, -0.2) is 4.79 Å². The van der Waals surface area contributed by atoms with E-state index in [1.807, 2.05) is 24.8 Å². The summed E-state index contributed by atoms with van der Waals surface area (Å²) in [5.41, 5.74) is 0.449. The van der Waals surface area contributed by atoms with Gasteiger partial charge in [-0.05, 0) is 90.0 Å². The van der Waals surface area contributed by atoms with E-state index in [0.717, 1.165) is 57.9 Å². The molecule has 1 saturated heterocycles. The number of amides is 6. The average molecular weight is 871 g/mol. The molecular weight excluding hydrogens is 793 g/mol. The molecule has 1 heterocycles. The molecule has 0 bridgehead atoms. The molecule has 5 atom stereocenters. The Balaban J connectivity index is 0.000000401. The van der Waals surface area contributed by atoms with E-state index in [0.29, 0.717) is 30.2 Å².